The van der Waals surface area contributed by atoms with Crippen molar-refractivity contribution < 1.29 is 41.2 Å². The normalized spacial score (nSPS) is 8.69. The van der Waals surface area contributed by atoms with Gasteiger partial charge in [0.05, 0.1) is 0 Å². The third-order valence-electron chi connectivity index (χ3n) is 0.283. The third kappa shape index (κ3) is 29.4. The van der Waals surface area contributed by atoms with Crippen LogP contribution in [-0.2, 0) is 64.1 Å². The smallest absolute Gasteiger partial charge is 0.485 e. The molecule has 0 N–H and O–H groups in total. The monoisotopic (exact) mass is 348 g/mol. The van der Waals surface area contributed by atoms with Gasteiger partial charge in [0, 0.05) is 0 Å². The van der Waals surface area contributed by atoms with Crippen LogP contribution in [-0.4, -0.2) is 25.8 Å². The Balaban J connectivity index is -0.0000000281. The Kier molecular flexibility index (Phi) is 31.7. The van der Waals surface area contributed by atoms with Gasteiger partial charge in [-0.2, -0.15) is 13.2 Å². The van der Waals surface area contributed by atoms with Crippen molar-refractivity contribution in [2.45, 2.75) is 5.51 Å². The molecule has 0 aromatic heterocycles. The van der Waals surface area contributed by atoms with Crippen molar-refractivity contribution in [1.29, 1.82) is 0 Å². The molecule has 0 radical (unpaired) electrons. The van der Waals surface area contributed by atoms with E-state index in [0.717, 1.165) is 0 Å². The molecule has 0 aromatic rings. The first-order valence-electron chi connectivity index (χ1n) is 1.98. The molecule has 0 aliphatic heterocycles. The Morgan fingerprint density at radius 3 is 0.938 bits per heavy atom. The van der Waals surface area contributed by atoms with Gasteiger partial charge in [-0.3, -0.25) is 7.32 Å². The summed E-state index contributed by atoms with van der Waals surface area (Å²) in [6, 6.07) is 0. The van der Waals surface area contributed by atoms with E-state index in [4.69, 9.17) is 28.0 Å². The minimum absolute atomic E-state index is 0. The standard InChI is InChI=1S/CHF3O3S.BO3.4H2S/c2-1(3,4)8(5,6)7;2-1(3)4;;;;/h(H,5,6,7);;4*1H2/q;-3;;;;/p+3. The lowest BCUT2D eigenvalue weighted by Crippen LogP contribution is -2.56. The van der Waals surface area contributed by atoms with Gasteiger partial charge >= 0.3 is 5.51 Å². The number of halogens is 3. The minimum Gasteiger partial charge on any atom is -0.907 e. The molecule has 0 saturated heterocycles. The zero-order valence-electron chi connectivity index (χ0n) is 7.38. The second-order valence-corrected chi connectivity index (χ2v) is 2.56. The predicted molar refractivity (Wildman–Crippen MR) is 67.7 cm³/mol. The summed E-state index contributed by atoms with van der Waals surface area (Å²) in [5.41, 5.74) is -5.65. The first-order chi connectivity index (χ1) is 4.98. The van der Waals surface area contributed by atoms with Crippen molar-refractivity contribution in [3.8, 4) is 0 Å². The topological polar surface area (TPSA) is 126 Å². The maximum Gasteiger partial charge on any atom is 0.485 e. The lowest BCUT2D eigenvalue weighted by atomic mass is 10.3. The fourth-order valence-electron chi connectivity index (χ4n) is 0. The van der Waals surface area contributed by atoms with E-state index in [1.54, 1.807) is 0 Å². The van der Waals surface area contributed by atoms with Gasteiger partial charge in [0.15, 0.2) is 10.1 Å². The Morgan fingerprint density at radius 1 is 0.875 bits per heavy atom. The molecule has 0 spiro atoms. The van der Waals surface area contributed by atoms with Crippen LogP contribution in [0.5, 0.6) is 0 Å². The molecule has 0 amide bonds. The van der Waals surface area contributed by atoms with Gasteiger partial charge in [0.25, 0.3) is 0 Å². The fraction of sp³-hybridized carbons (Fsp3) is 1.00. The first-order valence-corrected chi connectivity index (χ1v) is 3.39. The van der Waals surface area contributed by atoms with E-state index in [0.29, 0.717) is 0 Å². The van der Waals surface area contributed by atoms with Crippen molar-refractivity contribution in [3.05, 3.63) is 0 Å². The Morgan fingerprint density at radius 2 is 0.938 bits per heavy atom. The molecule has 0 unspecified atom stereocenters. The highest BCUT2D eigenvalue weighted by Crippen LogP contribution is 2.20. The predicted octanol–water partition coefficient (Wildman–Crippen LogP) is -7.12. The van der Waals surface area contributed by atoms with Crippen molar-refractivity contribution in [2.24, 2.45) is 0 Å². The van der Waals surface area contributed by atoms with Crippen LogP contribution in [0.25, 0.3) is 0 Å². The van der Waals surface area contributed by atoms with Gasteiger partial charge in [-0.1, -0.05) is 54.0 Å². The zero-order chi connectivity index (χ0) is 10.6. The SMILES string of the molecule is O=S(=O)([O-])C(F)(F)F.[O-]B([O-])[O-].[SH3+].[SH3+].[SH3+].[SH3+]. The van der Waals surface area contributed by atoms with Crippen molar-refractivity contribution in [2.75, 3.05) is 0 Å². The van der Waals surface area contributed by atoms with Crippen molar-refractivity contribution in [1.82, 2.24) is 0 Å². The molecular formula is CH12BF3O6S5. The Hall–Kier alpha value is 1.04. The summed E-state index contributed by atoms with van der Waals surface area (Å²) in [6.07, 6.45) is 0. The molecule has 0 fully saturated rings. The second kappa shape index (κ2) is 14.1. The molecule has 0 heterocycles. The summed E-state index contributed by atoms with van der Waals surface area (Å²) < 4.78 is 58.9. The van der Waals surface area contributed by atoms with Crippen LogP contribution in [0.1, 0.15) is 0 Å². The van der Waals surface area contributed by atoms with E-state index in [1.807, 2.05) is 0 Å². The lowest BCUT2D eigenvalue weighted by Gasteiger charge is -2.35. The van der Waals surface area contributed by atoms with E-state index in [2.05, 4.69) is 0 Å². The zero-order valence-corrected chi connectivity index (χ0v) is 12.8. The minimum atomic E-state index is -6.09. The number of hydrogen-bond donors (Lipinski definition) is 0. The van der Waals surface area contributed by atoms with Gasteiger partial charge in [-0.25, -0.2) is 8.42 Å². The molecule has 0 aliphatic rings. The molecule has 106 valence electrons. The molecule has 6 nitrogen and oxygen atoms in total. The molecule has 0 rings (SSSR count). The van der Waals surface area contributed by atoms with Gasteiger partial charge in [-0.15, -0.1) is 0 Å². The summed E-state index contributed by atoms with van der Waals surface area (Å²) in [4.78, 5) is 0. The molecule has 0 saturated carbocycles. The highest BCUT2D eigenvalue weighted by molar-refractivity contribution is 7.86. The van der Waals surface area contributed by atoms with Crippen LogP contribution in [0.3, 0.4) is 0 Å². The van der Waals surface area contributed by atoms with Crippen LogP contribution in [0, 0.1) is 0 Å². The van der Waals surface area contributed by atoms with Crippen molar-refractivity contribution in [3.63, 3.8) is 0 Å². The lowest BCUT2D eigenvalue weighted by molar-refractivity contribution is -0.479. The molecular weight excluding hydrogens is 336 g/mol. The van der Waals surface area contributed by atoms with Gasteiger partial charge in [-0.05, 0) is 0 Å². The second-order valence-electron chi connectivity index (χ2n) is 1.19. The van der Waals surface area contributed by atoms with E-state index >= 15 is 0 Å². The number of hydrogen-bond acceptors (Lipinski definition) is 6. The van der Waals surface area contributed by atoms with E-state index < -0.39 is 22.9 Å². The van der Waals surface area contributed by atoms with Gasteiger partial charge < -0.3 is 19.6 Å². The maximum atomic E-state index is 10.7. The highest BCUT2D eigenvalue weighted by Gasteiger charge is 2.36. The highest BCUT2D eigenvalue weighted by atomic mass is 32.2. The van der Waals surface area contributed by atoms with Gasteiger partial charge in [0.2, 0.25) is 0 Å². The maximum absolute atomic E-state index is 10.7. The Labute approximate surface area is 118 Å². The molecule has 0 aromatic carbocycles. The number of alkyl halides is 3. The van der Waals surface area contributed by atoms with Crippen molar-refractivity contribution >= 4 is 71.4 Å². The third-order valence-corrected chi connectivity index (χ3v) is 0.850. The summed E-state index contributed by atoms with van der Waals surface area (Å²) in [5, 5.41) is 25.2. The average Bonchev–Trinajstić information content (AvgIpc) is 1.55. The molecule has 0 aliphatic carbocycles. The molecule has 0 atom stereocenters. The fourth-order valence-corrected chi connectivity index (χ4v) is 0. The van der Waals surface area contributed by atoms with E-state index in [9.17, 15) is 13.2 Å². The van der Waals surface area contributed by atoms with Crippen LogP contribution < -0.4 is 15.1 Å². The Bertz CT molecular complexity index is 212. The quantitative estimate of drug-likeness (QED) is 0.185. The molecule has 0 bridgehead atoms. The van der Waals surface area contributed by atoms with E-state index in [1.165, 1.54) is 0 Å². The van der Waals surface area contributed by atoms with Gasteiger partial charge in [0.1, 0.15) is 0 Å². The summed E-state index contributed by atoms with van der Waals surface area (Å²) in [6.45, 7) is 0. The largest absolute Gasteiger partial charge is 0.907 e. The number of rotatable bonds is 0. The summed E-state index contributed by atoms with van der Waals surface area (Å²) in [5.74, 6) is 0. The van der Waals surface area contributed by atoms with E-state index in [-0.39, 0.29) is 54.0 Å². The molecule has 16 heavy (non-hydrogen) atoms. The van der Waals surface area contributed by atoms with Crippen LogP contribution in [0.2, 0.25) is 0 Å². The summed E-state index contributed by atoms with van der Waals surface area (Å²) in [7, 11) is -9.01. The van der Waals surface area contributed by atoms with Crippen LogP contribution in [0.4, 0.5) is 13.2 Å². The molecule has 15 heteroatoms. The average molecular weight is 348 g/mol. The first kappa shape index (κ1) is 36.0. The summed E-state index contributed by atoms with van der Waals surface area (Å²) >= 11 is 0. The van der Waals surface area contributed by atoms with Crippen LogP contribution in [0.15, 0.2) is 0 Å². The van der Waals surface area contributed by atoms with Crippen LogP contribution >= 0.6 is 0 Å².